The standard InChI is InChI=1S/C16H22N4OS/c1-3-21-15-6-4-14(5-7-15)12-19-8-10-20(11-9-19)16(22-2)18-13-17/h4-7H,3,8-12H2,1-2H3. The normalized spacial score (nSPS) is 16.4. The van der Waals surface area contributed by atoms with E-state index in [9.17, 15) is 0 Å². The lowest BCUT2D eigenvalue weighted by Gasteiger charge is -2.35. The first-order chi connectivity index (χ1) is 10.8. The van der Waals surface area contributed by atoms with Gasteiger partial charge in [-0.3, -0.25) is 4.90 Å². The Morgan fingerprint density at radius 2 is 1.95 bits per heavy atom. The van der Waals surface area contributed by atoms with Crippen molar-refractivity contribution >= 4 is 16.9 Å². The van der Waals surface area contributed by atoms with E-state index < -0.39 is 0 Å². The van der Waals surface area contributed by atoms with E-state index in [0.29, 0.717) is 6.61 Å². The predicted molar refractivity (Wildman–Crippen MR) is 91.0 cm³/mol. The molecule has 1 saturated heterocycles. The molecule has 0 atom stereocenters. The Morgan fingerprint density at radius 1 is 1.27 bits per heavy atom. The van der Waals surface area contributed by atoms with Crippen molar-refractivity contribution < 1.29 is 4.74 Å². The SMILES string of the molecule is CCOc1ccc(CN2CCN(C(=NC#N)SC)CC2)cc1. The number of rotatable bonds is 4. The number of aliphatic imine (C=N–C) groups is 1. The highest BCUT2D eigenvalue weighted by Crippen LogP contribution is 2.15. The number of hydrogen-bond donors (Lipinski definition) is 0. The van der Waals surface area contributed by atoms with Crippen LogP contribution in [0.2, 0.25) is 0 Å². The number of nitriles is 1. The van der Waals surface area contributed by atoms with Crippen LogP contribution in [0.25, 0.3) is 0 Å². The second-order valence-corrected chi connectivity index (χ2v) is 5.81. The summed E-state index contributed by atoms with van der Waals surface area (Å²) >= 11 is 1.53. The average Bonchev–Trinajstić information content (AvgIpc) is 2.56. The molecule has 0 unspecified atom stereocenters. The molecule has 6 heteroatoms. The van der Waals surface area contributed by atoms with E-state index in [-0.39, 0.29) is 0 Å². The Bertz CT molecular complexity index is 530. The maximum Gasteiger partial charge on any atom is 0.208 e. The van der Waals surface area contributed by atoms with Crippen molar-refractivity contribution in [2.24, 2.45) is 4.99 Å². The molecule has 0 aromatic heterocycles. The number of nitrogens with zero attached hydrogens (tertiary/aromatic N) is 4. The number of hydrogen-bond acceptors (Lipinski definition) is 5. The monoisotopic (exact) mass is 318 g/mol. The molecule has 1 aromatic rings. The molecular formula is C16H22N4OS. The lowest BCUT2D eigenvalue weighted by molar-refractivity contribution is 0.177. The molecule has 5 nitrogen and oxygen atoms in total. The van der Waals surface area contributed by atoms with Crippen molar-refractivity contribution in [3.8, 4) is 11.9 Å². The van der Waals surface area contributed by atoms with Crippen LogP contribution in [-0.4, -0.2) is 54.0 Å². The smallest absolute Gasteiger partial charge is 0.208 e. The van der Waals surface area contributed by atoms with Gasteiger partial charge in [0.05, 0.1) is 6.61 Å². The molecule has 0 spiro atoms. The van der Waals surface area contributed by atoms with Crippen molar-refractivity contribution in [2.75, 3.05) is 39.0 Å². The van der Waals surface area contributed by atoms with Crippen LogP contribution in [0, 0.1) is 11.5 Å². The van der Waals surface area contributed by atoms with Crippen molar-refractivity contribution in [3.63, 3.8) is 0 Å². The van der Waals surface area contributed by atoms with E-state index in [1.54, 1.807) is 0 Å². The minimum atomic E-state index is 0.698. The molecule has 1 aliphatic heterocycles. The van der Waals surface area contributed by atoms with Crippen molar-refractivity contribution in [2.45, 2.75) is 13.5 Å². The zero-order valence-corrected chi connectivity index (χ0v) is 14.0. The first-order valence-corrected chi connectivity index (χ1v) is 8.69. The van der Waals surface area contributed by atoms with Gasteiger partial charge in [-0.1, -0.05) is 23.9 Å². The van der Waals surface area contributed by atoms with Crippen LogP contribution >= 0.6 is 11.8 Å². The third-order valence-electron chi connectivity index (χ3n) is 3.61. The van der Waals surface area contributed by atoms with Gasteiger partial charge in [-0.2, -0.15) is 5.26 Å². The molecule has 2 rings (SSSR count). The number of benzene rings is 1. The highest BCUT2D eigenvalue weighted by Gasteiger charge is 2.19. The quantitative estimate of drug-likeness (QED) is 0.485. The van der Waals surface area contributed by atoms with Gasteiger partial charge in [0, 0.05) is 32.7 Å². The fraction of sp³-hybridized carbons (Fsp3) is 0.500. The molecule has 118 valence electrons. The van der Waals surface area contributed by atoms with Crippen LogP contribution in [0.15, 0.2) is 29.3 Å². The lowest BCUT2D eigenvalue weighted by Crippen LogP contribution is -2.47. The molecule has 1 heterocycles. The summed E-state index contributed by atoms with van der Waals surface area (Å²) in [6, 6.07) is 8.31. The molecule has 1 fully saturated rings. The Balaban J connectivity index is 1.84. The number of thioether (sulfide) groups is 1. The van der Waals surface area contributed by atoms with Gasteiger partial charge in [-0.25, -0.2) is 0 Å². The predicted octanol–water partition coefficient (Wildman–Crippen LogP) is 2.40. The van der Waals surface area contributed by atoms with Gasteiger partial charge in [-0.15, -0.1) is 4.99 Å². The minimum absolute atomic E-state index is 0.698. The number of amidine groups is 1. The van der Waals surface area contributed by atoms with E-state index >= 15 is 0 Å². The topological polar surface area (TPSA) is 51.9 Å². The van der Waals surface area contributed by atoms with Gasteiger partial charge >= 0.3 is 0 Å². The second kappa shape index (κ2) is 8.66. The Kier molecular flexibility index (Phi) is 6.56. The number of piperazine rings is 1. The van der Waals surface area contributed by atoms with Gasteiger partial charge in [-0.05, 0) is 30.9 Å². The van der Waals surface area contributed by atoms with E-state index in [4.69, 9.17) is 10.00 Å². The second-order valence-electron chi connectivity index (χ2n) is 5.04. The fourth-order valence-corrected chi connectivity index (χ4v) is 3.07. The van der Waals surface area contributed by atoms with Gasteiger partial charge < -0.3 is 9.64 Å². The molecule has 0 radical (unpaired) electrons. The third-order valence-corrected chi connectivity index (χ3v) is 4.33. The number of ether oxygens (including phenoxy) is 1. The highest BCUT2D eigenvalue weighted by atomic mass is 32.2. The van der Waals surface area contributed by atoms with E-state index in [2.05, 4.69) is 26.9 Å². The van der Waals surface area contributed by atoms with E-state index in [0.717, 1.165) is 43.6 Å². The van der Waals surface area contributed by atoms with Crippen LogP contribution in [0.5, 0.6) is 5.75 Å². The van der Waals surface area contributed by atoms with Crippen LogP contribution in [0.3, 0.4) is 0 Å². The Hall–Kier alpha value is -1.71. The molecular weight excluding hydrogens is 296 g/mol. The summed E-state index contributed by atoms with van der Waals surface area (Å²) in [7, 11) is 0. The third kappa shape index (κ3) is 4.65. The average molecular weight is 318 g/mol. The summed E-state index contributed by atoms with van der Waals surface area (Å²) < 4.78 is 5.46. The lowest BCUT2D eigenvalue weighted by atomic mass is 10.2. The molecule has 1 aromatic carbocycles. The fourth-order valence-electron chi connectivity index (χ4n) is 2.50. The maximum atomic E-state index is 8.71. The van der Waals surface area contributed by atoms with Gasteiger partial charge in [0.15, 0.2) is 5.17 Å². The van der Waals surface area contributed by atoms with Crippen LogP contribution < -0.4 is 4.74 Å². The molecule has 0 N–H and O–H groups in total. The van der Waals surface area contributed by atoms with Gasteiger partial charge in [0.25, 0.3) is 0 Å². The molecule has 0 saturated carbocycles. The molecule has 22 heavy (non-hydrogen) atoms. The van der Waals surface area contributed by atoms with E-state index in [1.165, 1.54) is 17.3 Å². The molecule has 0 amide bonds. The van der Waals surface area contributed by atoms with Crippen LogP contribution in [-0.2, 0) is 6.54 Å². The first kappa shape index (κ1) is 16.7. The maximum absolute atomic E-state index is 8.71. The molecule has 1 aliphatic rings. The zero-order valence-electron chi connectivity index (χ0n) is 13.2. The van der Waals surface area contributed by atoms with Crippen molar-refractivity contribution in [3.05, 3.63) is 29.8 Å². The summed E-state index contributed by atoms with van der Waals surface area (Å²) in [5, 5.41) is 9.53. The van der Waals surface area contributed by atoms with Crippen LogP contribution in [0.4, 0.5) is 0 Å². The summed E-state index contributed by atoms with van der Waals surface area (Å²) in [5.74, 6) is 0.924. The minimum Gasteiger partial charge on any atom is -0.494 e. The van der Waals surface area contributed by atoms with Crippen LogP contribution in [0.1, 0.15) is 12.5 Å². The largest absolute Gasteiger partial charge is 0.494 e. The van der Waals surface area contributed by atoms with Crippen molar-refractivity contribution in [1.82, 2.24) is 9.80 Å². The van der Waals surface area contributed by atoms with Gasteiger partial charge in [0.2, 0.25) is 6.19 Å². The van der Waals surface area contributed by atoms with E-state index in [1.807, 2.05) is 31.5 Å². The Morgan fingerprint density at radius 3 is 2.50 bits per heavy atom. The molecule has 0 bridgehead atoms. The van der Waals surface area contributed by atoms with Gasteiger partial charge in [0.1, 0.15) is 5.75 Å². The Labute approximate surface area is 136 Å². The first-order valence-electron chi connectivity index (χ1n) is 7.46. The molecule has 0 aliphatic carbocycles. The summed E-state index contributed by atoms with van der Waals surface area (Å²) in [6.45, 7) is 7.44. The highest BCUT2D eigenvalue weighted by molar-refractivity contribution is 8.13. The zero-order chi connectivity index (χ0) is 15.8. The summed E-state index contributed by atoms with van der Waals surface area (Å²) in [4.78, 5) is 8.49. The summed E-state index contributed by atoms with van der Waals surface area (Å²) in [6.07, 6.45) is 3.84. The summed E-state index contributed by atoms with van der Waals surface area (Å²) in [5.41, 5.74) is 1.30. The van der Waals surface area contributed by atoms with Crippen molar-refractivity contribution in [1.29, 1.82) is 5.26 Å².